The molecule has 0 fully saturated rings. The molecule has 5 rings (SSSR count). The second-order valence-electron chi connectivity index (χ2n) is 10.2. The van der Waals surface area contributed by atoms with Gasteiger partial charge < -0.3 is 36.4 Å². The largest absolute Gasteiger partial charge is 0.508 e. The molecular weight excluding hydrogens is 620 g/mol. The van der Waals surface area contributed by atoms with Crippen LogP contribution in [0.15, 0.2) is 103 Å². The number of rotatable bonds is 15. The first-order chi connectivity index (χ1) is 22.9. The van der Waals surface area contributed by atoms with Crippen LogP contribution in [0.5, 0.6) is 5.75 Å². The predicted molar refractivity (Wildman–Crippen MR) is 182 cm³/mol. The second kappa shape index (κ2) is 16.5. The molecule has 13 heteroatoms. The zero-order valence-corrected chi connectivity index (χ0v) is 26.0. The number of carbonyl (C=O) groups is 2. The van der Waals surface area contributed by atoms with E-state index in [4.69, 9.17) is 16.3 Å². The van der Waals surface area contributed by atoms with Crippen molar-refractivity contribution in [2.75, 3.05) is 42.3 Å². The second-order valence-corrected chi connectivity index (χ2v) is 10.6. The van der Waals surface area contributed by atoms with Gasteiger partial charge in [0.05, 0.1) is 13.2 Å². The number of phenols is 1. The molecule has 0 atom stereocenters. The molecule has 1 aromatic heterocycles. The smallest absolute Gasteiger partial charge is 0.251 e. The summed E-state index contributed by atoms with van der Waals surface area (Å²) in [5.41, 5.74) is 3.36. The summed E-state index contributed by atoms with van der Waals surface area (Å²) in [6.45, 7) is 1.83. The molecule has 0 bridgehead atoms. The number of nitrogens with zero attached hydrogens (tertiary/aromatic N) is 3. The van der Waals surface area contributed by atoms with Gasteiger partial charge in [0, 0.05) is 47.2 Å². The molecule has 0 saturated carbocycles. The predicted octanol–water partition coefficient (Wildman–Crippen LogP) is 5.51. The number of halogens is 1. The van der Waals surface area contributed by atoms with Crippen LogP contribution in [-0.2, 0) is 11.3 Å². The molecule has 1 heterocycles. The van der Waals surface area contributed by atoms with Crippen LogP contribution in [0.1, 0.15) is 26.3 Å². The van der Waals surface area contributed by atoms with Crippen LogP contribution in [0.25, 0.3) is 0 Å². The van der Waals surface area contributed by atoms with Crippen molar-refractivity contribution in [1.29, 1.82) is 0 Å². The molecule has 0 unspecified atom stereocenters. The zero-order chi connectivity index (χ0) is 32.8. The average Bonchev–Trinajstić information content (AvgIpc) is 3.09. The van der Waals surface area contributed by atoms with E-state index in [0.717, 1.165) is 5.56 Å². The SMILES string of the molecule is O=C(NCCOCCNc1nc(Nc2ccc(O)cc2)nc(Nc2ccc(C(=O)NCc3ccc(Cl)cc3)cc2)n1)c1ccccc1. The van der Waals surface area contributed by atoms with Crippen molar-refractivity contribution < 1.29 is 19.4 Å². The van der Waals surface area contributed by atoms with Crippen molar-refractivity contribution in [2.45, 2.75) is 6.54 Å². The lowest BCUT2D eigenvalue weighted by atomic mass is 10.2. The third-order valence-corrected chi connectivity index (χ3v) is 6.88. The van der Waals surface area contributed by atoms with Gasteiger partial charge in [-0.2, -0.15) is 15.0 Å². The minimum atomic E-state index is -0.209. The monoisotopic (exact) mass is 652 g/mol. The van der Waals surface area contributed by atoms with Crippen LogP contribution in [0.4, 0.5) is 29.2 Å². The number of benzene rings is 4. The van der Waals surface area contributed by atoms with Crippen molar-refractivity contribution in [2.24, 2.45) is 0 Å². The number of phenolic OH excluding ortho intramolecular Hbond substituents is 1. The molecule has 0 aliphatic carbocycles. The molecule has 0 spiro atoms. The Bertz CT molecular complexity index is 1760. The number of carbonyl (C=O) groups excluding carboxylic acids is 2. The fourth-order valence-corrected chi connectivity index (χ4v) is 4.35. The maximum Gasteiger partial charge on any atom is 0.251 e. The summed E-state index contributed by atoms with van der Waals surface area (Å²) in [7, 11) is 0. The molecule has 0 saturated heterocycles. The van der Waals surface area contributed by atoms with E-state index < -0.39 is 0 Å². The number of anilines is 5. The minimum absolute atomic E-state index is 0.137. The summed E-state index contributed by atoms with van der Waals surface area (Å²) >= 11 is 5.93. The summed E-state index contributed by atoms with van der Waals surface area (Å²) < 4.78 is 5.64. The zero-order valence-electron chi connectivity index (χ0n) is 25.2. The average molecular weight is 653 g/mol. The first-order valence-electron chi connectivity index (χ1n) is 14.8. The fraction of sp³-hybridized carbons (Fsp3) is 0.147. The van der Waals surface area contributed by atoms with Crippen LogP contribution >= 0.6 is 11.6 Å². The van der Waals surface area contributed by atoms with Crippen molar-refractivity contribution in [3.05, 3.63) is 125 Å². The molecule has 0 aliphatic rings. The quantitative estimate of drug-likeness (QED) is 0.0628. The highest BCUT2D eigenvalue weighted by Crippen LogP contribution is 2.21. The first kappa shape index (κ1) is 32.7. The summed E-state index contributed by atoms with van der Waals surface area (Å²) in [5.74, 6) is 0.588. The number of ether oxygens (including phenoxy) is 1. The van der Waals surface area contributed by atoms with Gasteiger partial charge in [0.2, 0.25) is 17.8 Å². The van der Waals surface area contributed by atoms with Gasteiger partial charge >= 0.3 is 0 Å². The standard InChI is InChI=1S/C34H33ClN8O4/c35-26-10-6-23(7-11-26)22-38-31(46)25-8-12-27(13-9-25)39-33-41-32(42-34(43-33)40-28-14-16-29(44)17-15-28)37-19-21-47-20-18-36-30(45)24-4-2-1-3-5-24/h1-17,44H,18-22H2,(H,36,45)(H,38,46)(H3,37,39,40,41,42,43). The molecule has 0 radical (unpaired) electrons. The number of hydrogen-bond acceptors (Lipinski definition) is 10. The van der Waals surface area contributed by atoms with Gasteiger partial charge in [0.25, 0.3) is 11.8 Å². The highest BCUT2D eigenvalue weighted by atomic mass is 35.5. The van der Waals surface area contributed by atoms with E-state index in [1.807, 2.05) is 30.3 Å². The first-order valence-corrected chi connectivity index (χ1v) is 15.2. The van der Waals surface area contributed by atoms with Crippen LogP contribution in [0, 0.1) is 0 Å². The minimum Gasteiger partial charge on any atom is -0.508 e. The van der Waals surface area contributed by atoms with Gasteiger partial charge in [0.1, 0.15) is 5.75 Å². The molecule has 2 amide bonds. The van der Waals surface area contributed by atoms with Gasteiger partial charge in [-0.3, -0.25) is 9.59 Å². The fourth-order valence-electron chi connectivity index (χ4n) is 4.23. The Morgan fingerprint density at radius 3 is 1.85 bits per heavy atom. The lowest BCUT2D eigenvalue weighted by molar-refractivity contribution is 0.0919. The summed E-state index contributed by atoms with van der Waals surface area (Å²) in [6.07, 6.45) is 0. The molecular formula is C34H33ClN8O4. The molecule has 4 aromatic carbocycles. The number of aromatic nitrogens is 3. The Kier molecular flexibility index (Phi) is 11.5. The van der Waals surface area contributed by atoms with Crippen molar-refractivity contribution in [1.82, 2.24) is 25.6 Å². The topological polar surface area (TPSA) is 162 Å². The van der Waals surface area contributed by atoms with Gasteiger partial charge in [-0.05, 0) is 78.4 Å². The Labute approximate surface area is 276 Å². The molecule has 5 aromatic rings. The number of hydrogen-bond donors (Lipinski definition) is 6. The third kappa shape index (κ3) is 10.4. The third-order valence-electron chi connectivity index (χ3n) is 6.63. The van der Waals surface area contributed by atoms with Crippen molar-refractivity contribution >= 4 is 52.6 Å². The van der Waals surface area contributed by atoms with E-state index in [2.05, 4.69) is 41.5 Å². The molecule has 47 heavy (non-hydrogen) atoms. The normalized spacial score (nSPS) is 10.6. The molecule has 0 aliphatic heterocycles. The van der Waals surface area contributed by atoms with Crippen LogP contribution in [0.3, 0.4) is 0 Å². The van der Waals surface area contributed by atoms with E-state index in [-0.39, 0.29) is 29.5 Å². The maximum atomic E-state index is 12.7. The van der Waals surface area contributed by atoms with Gasteiger partial charge in [-0.1, -0.05) is 41.9 Å². The summed E-state index contributed by atoms with van der Waals surface area (Å²) in [6, 6.07) is 29.7. The number of nitrogens with one attached hydrogen (secondary N) is 5. The Morgan fingerprint density at radius 1 is 0.638 bits per heavy atom. The number of amides is 2. The van der Waals surface area contributed by atoms with E-state index in [0.29, 0.717) is 66.3 Å². The van der Waals surface area contributed by atoms with Crippen molar-refractivity contribution in [3.8, 4) is 5.75 Å². The lowest BCUT2D eigenvalue weighted by Crippen LogP contribution is -2.27. The van der Waals surface area contributed by atoms with Crippen LogP contribution < -0.4 is 26.6 Å². The maximum absolute atomic E-state index is 12.7. The van der Waals surface area contributed by atoms with Gasteiger partial charge in [-0.25, -0.2) is 0 Å². The molecule has 6 N–H and O–H groups in total. The van der Waals surface area contributed by atoms with Crippen molar-refractivity contribution in [3.63, 3.8) is 0 Å². The Hall–Kier alpha value is -5.72. The van der Waals surface area contributed by atoms with Crippen LogP contribution in [-0.4, -0.2) is 58.2 Å². The summed E-state index contributed by atoms with van der Waals surface area (Å²) in [4.78, 5) is 38.2. The highest BCUT2D eigenvalue weighted by molar-refractivity contribution is 6.30. The van der Waals surface area contributed by atoms with Gasteiger partial charge in [0.15, 0.2) is 0 Å². The van der Waals surface area contributed by atoms with Crippen LogP contribution in [0.2, 0.25) is 5.02 Å². The van der Waals surface area contributed by atoms with E-state index in [1.54, 1.807) is 72.8 Å². The van der Waals surface area contributed by atoms with Gasteiger partial charge in [-0.15, -0.1) is 0 Å². The lowest BCUT2D eigenvalue weighted by Gasteiger charge is -2.12. The van der Waals surface area contributed by atoms with E-state index >= 15 is 0 Å². The van der Waals surface area contributed by atoms with E-state index in [1.165, 1.54) is 0 Å². The molecule has 240 valence electrons. The number of aromatic hydroxyl groups is 1. The Balaban J connectivity index is 1.16. The summed E-state index contributed by atoms with van der Waals surface area (Å²) in [5, 5.41) is 25.4. The highest BCUT2D eigenvalue weighted by Gasteiger charge is 2.10. The van der Waals surface area contributed by atoms with E-state index in [9.17, 15) is 14.7 Å². The Morgan fingerprint density at radius 2 is 1.19 bits per heavy atom. The molecule has 12 nitrogen and oxygen atoms in total.